The number of rotatable bonds is 6. The van der Waals surface area contributed by atoms with Crippen LogP contribution in [-0.4, -0.2) is 21.5 Å². The van der Waals surface area contributed by atoms with E-state index in [0.29, 0.717) is 0 Å². The summed E-state index contributed by atoms with van der Waals surface area (Å²) in [6.07, 6.45) is 6.66. The highest BCUT2D eigenvalue weighted by atomic mass is 28.3. The van der Waals surface area contributed by atoms with Gasteiger partial charge in [0.15, 0.2) is 0 Å². The van der Waals surface area contributed by atoms with Crippen LogP contribution in [0.25, 0.3) is 0 Å². The lowest BCUT2D eigenvalue weighted by molar-refractivity contribution is 1.33. The minimum atomic E-state index is -1.76. The lowest BCUT2D eigenvalue weighted by Crippen LogP contribution is -2.59. The first kappa shape index (κ1) is 38.8. The summed E-state index contributed by atoms with van der Waals surface area (Å²) >= 11 is 0. The third-order valence-corrected chi connectivity index (χ3v) is 11.6. The van der Waals surface area contributed by atoms with Crippen molar-refractivity contribution in [3.05, 3.63) is 139 Å². The van der Waals surface area contributed by atoms with E-state index in [1.165, 1.54) is 94.1 Å². The molecule has 52 heavy (non-hydrogen) atoms. The highest BCUT2D eigenvalue weighted by Gasteiger charge is 2.35. The Morgan fingerprint density at radius 2 is 0.654 bits per heavy atom. The molecule has 0 saturated carbocycles. The van der Waals surface area contributed by atoms with E-state index in [1.54, 1.807) is 0 Å². The third-order valence-electron chi connectivity index (χ3n) is 10.7. The van der Waals surface area contributed by atoms with Gasteiger partial charge in [-0.05, 0) is 83.1 Å². The Kier molecular flexibility index (Phi) is 11.1. The number of hydrogen-bond acceptors (Lipinski definition) is 0. The molecular weight excluding hydrogens is 638 g/mol. The molecule has 5 rings (SSSR count). The zero-order valence-corrected chi connectivity index (χ0v) is 35.5. The van der Waals surface area contributed by atoms with Crippen LogP contribution in [0.5, 0.6) is 0 Å². The number of terminal acetylenes is 1. The topological polar surface area (TPSA) is 0 Å². The molecule has 0 spiro atoms. The van der Waals surface area contributed by atoms with Crippen molar-refractivity contribution in [2.45, 2.75) is 103 Å². The monoisotopic (exact) mass is 694 g/mol. The van der Waals surface area contributed by atoms with Crippen molar-refractivity contribution in [3.8, 4) is 23.8 Å². The van der Waals surface area contributed by atoms with E-state index in [0.717, 1.165) is 16.6 Å². The maximum atomic E-state index is 6.66. The standard InChI is InChI=1S/C49H56B2Si/c1-17-42-28-45(51(48-38(10)24-32(4)25-39(48)11)49-40(12)26-33(5)27-41(49)13)43(18-19-52(14,15)16)29-44(42)50(46-34(6)20-30(2)21-35(46)7)47-36(8)22-31(3)23-37(47)9/h1,20-29H,2-16H3. The van der Waals surface area contributed by atoms with Crippen molar-refractivity contribution in [2.75, 3.05) is 0 Å². The van der Waals surface area contributed by atoms with Crippen molar-refractivity contribution in [1.82, 2.24) is 0 Å². The first-order chi connectivity index (χ1) is 24.3. The fraction of sp³-hybridized carbons (Fsp3) is 0.306. The predicted octanol–water partition coefficient (Wildman–Crippen LogP) is 7.63. The minimum absolute atomic E-state index is 0.0302. The summed E-state index contributed by atoms with van der Waals surface area (Å²) in [4.78, 5) is 0. The molecule has 5 aromatic carbocycles. The Hall–Kier alpha value is -4.43. The minimum Gasteiger partial charge on any atom is -0.127 e. The molecule has 0 nitrogen and oxygen atoms in total. The van der Waals surface area contributed by atoms with Crippen molar-refractivity contribution in [3.63, 3.8) is 0 Å². The molecule has 0 aromatic heterocycles. The maximum absolute atomic E-state index is 6.66. The Bertz CT molecular complexity index is 2120. The molecule has 0 aliphatic heterocycles. The molecule has 0 saturated heterocycles. The second-order valence-electron chi connectivity index (χ2n) is 16.8. The van der Waals surface area contributed by atoms with Crippen LogP contribution < -0.4 is 32.8 Å². The molecule has 0 aliphatic rings. The fourth-order valence-corrected chi connectivity index (χ4v) is 9.61. The first-order valence-corrected chi connectivity index (χ1v) is 22.3. The van der Waals surface area contributed by atoms with E-state index in [2.05, 4.69) is 181 Å². The molecule has 0 radical (unpaired) electrons. The number of aryl methyl sites for hydroxylation is 12. The Balaban J connectivity index is 2.00. The molecule has 0 aliphatic carbocycles. The van der Waals surface area contributed by atoms with E-state index < -0.39 is 8.07 Å². The highest BCUT2D eigenvalue weighted by molar-refractivity contribution is 6.98. The van der Waals surface area contributed by atoms with E-state index in [-0.39, 0.29) is 13.4 Å². The lowest BCUT2D eigenvalue weighted by Gasteiger charge is -2.28. The molecule has 5 aromatic rings. The van der Waals surface area contributed by atoms with Crippen LogP contribution in [0.2, 0.25) is 19.6 Å². The summed E-state index contributed by atoms with van der Waals surface area (Å²) in [6, 6.07) is 23.4. The first-order valence-electron chi connectivity index (χ1n) is 18.8. The van der Waals surface area contributed by atoms with E-state index >= 15 is 0 Å². The summed E-state index contributed by atoms with van der Waals surface area (Å²) in [7, 11) is -1.76. The molecule has 0 atom stereocenters. The van der Waals surface area contributed by atoms with Gasteiger partial charge in [-0.1, -0.05) is 192 Å². The largest absolute Gasteiger partial charge is 0.244 e. The number of hydrogen-bond donors (Lipinski definition) is 0. The van der Waals surface area contributed by atoms with Crippen molar-refractivity contribution < 1.29 is 0 Å². The van der Waals surface area contributed by atoms with Gasteiger partial charge in [0.2, 0.25) is 13.4 Å². The smallest absolute Gasteiger partial charge is 0.127 e. The summed E-state index contributed by atoms with van der Waals surface area (Å²) in [5, 5.41) is 0. The van der Waals surface area contributed by atoms with Gasteiger partial charge in [0, 0.05) is 11.1 Å². The van der Waals surface area contributed by atoms with Crippen LogP contribution in [-0.2, 0) is 0 Å². The van der Waals surface area contributed by atoms with Gasteiger partial charge in [-0.25, -0.2) is 0 Å². The quantitative estimate of drug-likeness (QED) is 0.127. The zero-order valence-electron chi connectivity index (χ0n) is 34.5. The van der Waals surface area contributed by atoms with Crippen molar-refractivity contribution >= 4 is 54.3 Å². The van der Waals surface area contributed by atoms with Gasteiger partial charge in [-0.15, -0.1) is 12.0 Å². The average molecular weight is 695 g/mol. The molecule has 0 heterocycles. The molecule has 3 heteroatoms. The maximum Gasteiger partial charge on any atom is 0.244 e. The zero-order chi connectivity index (χ0) is 38.4. The summed E-state index contributed by atoms with van der Waals surface area (Å²) in [6.45, 7) is 33.8. The molecule has 0 bridgehead atoms. The Labute approximate surface area is 318 Å². The molecule has 0 fully saturated rings. The van der Waals surface area contributed by atoms with Crippen LogP contribution in [0.15, 0.2) is 60.7 Å². The second kappa shape index (κ2) is 14.9. The van der Waals surface area contributed by atoms with Gasteiger partial charge in [0.1, 0.15) is 8.07 Å². The highest BCUT2D eigenvalue weighted by Crippen LogP contribution is 2.18. The van der Waals surface area contributed by atoms with Crippen LogP contribution in [0, 0.1) is 107 Å². The normalized spacial score (nSPS) is 11.2. The summed E-state index contributed by atoms with van der Waals surface area (Å²) < 4.78 is 0. The predicted molar refractivity (Wildman–Crippen MR) is 237 cm³/mol. The Morgan fingerprint density at radius 1 is 0.404 bits per heavy atom. The van der Waals surface area contributed by atoms with Gasteiger partial charge in [0.05, 0.1) is 0 Å². The molecule has 0 unspecified atom stereocenters. The van der Waals surface area contributed by atoms with Crippen molar-refractivity contribution in [1.29, 1.82) is 0 Å². The van der Waals surface area contributed by atoms with Crippen molar-refractivity contribution in [2.24, 2.45) is 0 Å². The third kappa shape index (κ3) is 7.82. The van der Waals surface area contributed by atoms with E-state index in [4.69, 9.17) is 6.42 Å². The SMILES string of the molecule is C#Cc1cc(B(c2c(C)cc(C)cc2C)c2c(C)cc(C)cc2C)c(C#C[Si](C)(C)C)cc1B(c1c(C)cc(C)cc1C)c1c(C)cc(C)cc1C. The molecule has 262 valence electrons. The summed E-state index contributed by atoms with van der Waals surface area (Å²) in [5.74, 6) is 7.09. The number of benzene rings is 5. The van der Waals surface area contributed by atoms with Gasteiger partial charge >= 0.3 is 0 Å². The van der Waals surface area contributed by atoms with E-state index in [9.17, 15) is 0 Å². The van der Waals surface area contributed by atoms with Gasteiger partial charge in [0.25, 0.3) is 0 Å². The van der Waals surface area contributed by atoms with Gasteiger partial charge in [-0.2, -0.15) is 0 Å². The molecule has 0 N–H and O–H groups in total. The van der Waals surface area contributed by atoms with Crippen LogP contribution in [0.3, 0.4) is 0 Å². The summed E-state index contributed by atoms with van der Waals surface area (Å²) in [5.41, 5.74) is 29.0. The van der Waals surface area contributed by atoms with Gasteiger partial charge in [-0.3, -0.25) is 0 Å². The van der Waals surface area contributed by atoms with Crippen LogP contribution in [0.1, 0.15) is 77.9 Å². The molecule has 0 amide bonds. The fourth-order valence-electron chi connectivity index (χ4n) is 9.10. The van der Waals surface area contributed by atoms with E-state index in [1.807, 2.05) is 0 Å². The van der Waals surface area contributed by atoms with Crippen LogP contribution in [0.4, 0.5) is 0 Å². The van der Waals surface area contributed by atoms with Crippen LogP contribution >= 0.6 is 0 Å². The Morgan fingerprint density at radius 3 is 0.904 bits per heavy atom. The second-order valence-corrected chi connectivity index (χ2v) is 21.5. The average Bonchev–Trinajstić information content (AvgIpc) is 2.99. The lowest BCUT2D eigenvalue weighted by atomic mass is 9.31. The van der Waals surface area contributed by atoms with Gasteiger partial charge < -0.3 is 0 Å². The molecular formula is C49H56B2Si.